The van der Waals surface area contributed by atoms with Crippen LogP contribution in [0.5, 0.6) is 57.5 Å². The number of rotatable bonds is 27. The van der Waals surface area contributed by atoms with Crippen molar-refractivity contribution in [3.8, 4) is 94.5 Å². The molecule has 5 aromatic carbocycles. The van der Waals surface area contributed by atoms with Gasteiger partial charge in [0.15, 0.2) is 57.5 Å². The molecule has 2 aliphatic rings. The summed E-state index contributed by atoms with van der Waals surface area (Å²) in [7, 11) is 4.79. The number of methoxy groups -OCH3 is 3. The molecular formula is C60H60O15. The molecule has 0 spiro atoms. The molecule has 0 amide bonds. The molecule has 5 aromatic rings. The van der Waals surface area contributed by atoms with Crippen LogP contribution in [0.4, 0.5) is 0 Å². The number of ether oxygens (including phenoxy) is 12. The largest absolute Gasteiger partial charge is 0.498 e. The molecule has 0 heterocycles. The van der Waals surface area contributed by atoms with E-state index in [9.17, 15) is 15.3 Å². The van der Waals surface area contributed by atoms with E-state index < -0.39 is 6.10 Å². The number of hydrogen-bond donors (Lipinski definition) is 3. The number of terminal acetylenes is 3. The molecule has 0 bridgehead atoms. The smallest absolute Gasteiger partial charge is 0.163 e. The summed E-state index contributed by atoms with van der Waals surface area (Å²) >= 11 is 0. The Balaban J connectivity index is 1.17. The number of aliphatic hydroxyl groups is 3. The first-order chi connectivity index (χ1) is 36.7. The summed E-state index contributed by atoms with van der Waals surface area (Å²) in [4.78, 5) is 0. The van der Waals surface area contributed by atoms with E-state index in [-0.39, 0.29) is 79.3 Å². The lowest BCUT2D eigenvalue weighted by molar-refractivity contribution is 0.0471. The Morgan fingerprint density at radius 1 is 0.440 bits per heavy atom. The van der Waals surface area contributed by atoms with Crippen LogP contribution in [0.25, 0.3) is 6.08 Å². The second kappa shape index (κ2) is 27.6. The zero-order valence-corrected chi connectivity index (χ0v) is 42.2. The zero-order chi connectivity index (χ0) is 52.9. The maximum Gasteiger partial charge on any atom is 0.163 e. The van der Waals surface area contributed by atoms with Gasteiger partial charge in [-0.1, -0.05) is 36.0 Å². The summed E-state index contributed by atoms with van der Waals surface area (Å²) in [5.74, 6) is 12.6. The summed E-state index contributed by atoms with van der Waals surface area (Å²) in [6, 6.07) is 23.4. The quantitative estimate of drug-likeness (QED) is 0.0347. The maximum absolute atomic E-state index is 9.67. The average Bonchev–Trinajstić information content (AvgIpc) is 3.49. The van der Waals surface area contributed by atoms with Gasteiger partial charge in [0.05, 0.1) is 47.8 Å². The third-order valence-electron chi connectivity index (χ3n) is 11.9. The number of aliphatic hydroxyl groups excluding tert-OH is 3. The minimum absolute atomic E-state index is 0.0356. The molecule has 15 heteroatoms. The molecular weight excluding hydrogens is 961 g/mol. The molecule has 0 aliphatic heterocycles. The Labute approximate surface area is 437 Å². The molecule has 3 N–H and O–H groups in total. The maximum atomic E-state index is 9.67. The van der Waals surface area contributed by atoms with Crippen LogP contribution >= 0.6 is 0 Å². The monoisotopic (exact) mass is 1020 g/mol. The van der Waals surface area contributed by atoms with Gasteiger partial charge in [-0.05, 0) is 142 Å². The minimum atomic E-state index is -0.572. The molecule has 0 saturated heterocycles. The highest BCUT2D eigenvalue weighted by atomic mass is 16.6. The summed E-state index contributed by atoms with van der Waals surface area (Å²) < 4.78 is 72.3. The van der Waals surface area contributed by atoms with E-state index in [0.717, 1.165) is 33.4 Å². The van der Waals surface area contributed by atoms with Crippen LogP contribution in [0, 0.1) is 37.0 Å². The van der Waals surface area contributed by atoms with Crippen LogP contribution in [0.2, 0.25) is 0 Å². The van der Waals surface area contributed by atoms with Gasteiger partial charge >= 0.3 is 0 Å². The predicted molar refractivity (Wildman–Crippen MR) is 281 cm³/mol. The Kier molecular flexibility index (Phi) is 20.0. The summed E-state index contributed by atoms with van der Waals surface area (Å²) in [5, 5.41) is 29.0. The van der Waals surface area contributed by atoms with Gasteiger partial charge in [-0.3, -0.25) is 0 Å². The van der Waals surface area contributed by atoms with E-state index >= 15 is 0 Å². The number of benzene rings is 5. The average molecular weight is 1020 g/mol. The first kappa shape index (κ1) is 54.4. The highest BCUT2D eigenvalue weighted by Crippen LogP contribution is 2.41. The summed E-state index contributed by atoms with van der Waals surface area (Å²) in [6.45, 7) is 0.609. The molecule has 15 nitrogen and oxygen atoms in total. The Morgan fingerprint density at radius 3 is 1.31 bits per heavy atom. The lowest BCUT2D eigenvalue weighted by Gasteiger charge is -2.25. The fourth-order valence-electron chi connectivity index (χ4n) is 8.23. The van der Waals surface area contributed by atoms with Gasteiger partial charge in [0.1, 0.15) is 64.7 Å². The highest BCUT2D eigenvalue weighted by molar-refractivity contribution is 5.71. The Bertz CT molecular complexity index is 2990. The predicted octanol–water partition coefficient (Wildman–Crippen LogP) is 7.60. The van der Waals surface area contributed by atoms with Crippen molar-refractivity contribution >= 4 is 6.08 Å². The van der Waals surface area contributed by atoms with Crippen molar-refractivity contribution in [3.05, 3.63) is 147 Å². The van der Waals surface area contributed by atoms with Crippen molar-refractivity contribution in [1.29, 1.82) is 0 Å². The fourth-order valence-corrected chi connectivity index (χ4v) is 8.23. The zero-order valence-electron chi connectivity index (χ0n) is 42.2. The topological polar surface area (TPSA) is 171 Å². The Hall–Kier alpha value is -8.36. The standard InChI is InChI=1S/C60H60O15/c1-7-16-67-55-25-40(37-61)10-13-49(55)70-19-22-73-58-34-46-28-44-32-53(65-5)60(75-24-21-72-51-15-12-42(39-63)27-57(51)69-18-9-3)36-48(44)30-45-33-54(66-6)59(35-47(45)29-43(46)31-52(58)64-4)74-23-20-71-50-14-11-41(38-62)26-56(50)68-17-8-2/h1-3,10-15,25-28,31-36,60-63H,16-24,29-30,37-39H2,4-6H3. The van der Waals surface area contributed by atoms with Crippen molar-refractivity contribution in [2.75, 3.05) is 80.8 Å². The molecule has 1 atom stereocenters. The molecule has 0 aromatic heterocycles. The number of fused-ring (bicyclic) bond motifs is 3. The molecule has 390 valence electrons. The van der Waals surface area contributed by atoms with Gasteiger partial charge in [-0.25, -0.2) is 0 Å². The molecule has 0 radical (unpaired) electrons. The SMILES string of the molecule is C#CCOc1cc(CO)ccc1OCCOc1cc2c(cc1OC)Cc1cc(OCCOc3ccc(CO)cc3OCC#C)c(OC)cc1CC1=CC(OCCOc3ccc(CO)cc3OCC#C)C(OC)=CC1=C2. The minimum Gasteiger partial charge on any atom is -0.498 e. The van der Waals surface area contributed by atoms with Crippen molar-refractivity contribution in [2.24, 2.45) is 0 Å². The van der Waals surface area contributed by atoms with Gasteiger partial charge in [0.25, 0.3) is 0 Å². The number of allylic oxidation sites excluding steroid dienone is 3. The van der Waals surface area contributed by atoms with Crippen molar-refractivity contribution in [1.82, 2.24) is 0 Å². The molecule has 7 rings (SSSR count). The van der Waals surface area contributed by atoms with Crippen LogP contribution in [0.1, 0.15) is 38.9 Å². The fraction of sp³-hybridized carbons (Fsp3) is 0.300. The van der Waals surface area contributed by atoms with E-state index in [2.05, 4.69) is 23.8 Å². The van der Waals surface area contributed by atoms with E-state index in [0.29, 0.717) is 92.8 Å². The Morgan fingerprint density at radius 2 is 0.853 bits per heavy atom. The van der Waals surface area contributed by atoms with E-state index in [1.165, 1.54) is 0 Å². The van der Waals surface area contributed by atoms with Gasteiger partial charge in [0, 0.05) is 0 Å². The summed E-state index contributed by atoms with van der Waals surface area (Å²) in [5.41, 5.74) is 7.57. The lowest BCUT2D eigenvalue weighted by atomic mass is 9.89. The van der Waals surface area contributed by atoms with E-state index in [1.54, 1.807) is 75.9 Å². The van der Waals surface area contributed by atoms with Crippen LogP contribution in [-0.2, 0) is 42.1 Å². The highest BCUT2D eigenvalue weighted by Gasteiger charge is 2.26. The van der Waals surface area contributed by atoms with Gasteiger partial charge in [0.2, 0.25) is 0 Å². The van der Waals surface area contributed by atoms with Crippen LogP contribution in [0.15, 0.2) is 108 Å². The molecule has 2 aliphatic carbocycles. The first-order valence-electron chi connectivity index (χ1n) is 24.0. The van der Waals surface area contributed by atoms with Gasteiger partial charge in [-0.2, -0.15) is 0 Å². The van der Waals surface area contributed by atoms with Crippen LogP contribution in [-0.4, -0.2) is 102 Å². The number of hydrogen-bond acceptors (Lipinski definition) is 15. The van der Waals surface area contributed by atoms with Crippen LogP contribution in [0.3, 0.4) is 0 Å². The molecule has 75 heavy (non-hydrogen) atoms. The second-order valence-corrected chi connectivity index (χ2v) is 16.7. The molecule has 0 saturated carbocycles. The van der Waals surface area contributed by atoms with Gasteiger partial charge < -0.3 is 72.2 Å². The third-order valence-corrected chi connectivity index (χ3v) is 11.9. The molecule has 0 fully saturated rings. The first-order valence-corrected chi connectivity index (χ1v) is 24.0. The van der Waals surface area contributed by atoms with Gasteiger partial charge in [-0.15, -0.1) is 19.3 Å². The second-order valence-electron chi connectivity index (χ2n) is 16.7. The van der Waals surface area contributed by atoms with Crippen molar-refractivity contribution in [2.45, 2.75) is 38.8 Å². The molecule has 1 unspecified atom stereocenters. The van der Waals surface area contributed by atoms with Crippen LogP contribution < -0.4 is 47.4 Å². The summed E-state index contributed by atoms with van der Waals surface area (Å²) in [6.07, 6.45) is 22.8. The third kappa shape index (κ3) is 14.4. The lowest BCUT2D eigenvalue weighted by Crippen LogP contribution is -2.22. The van der Waals surface area contributed by atoms with E-state index in [1.807, 2.05) is 36.4 Å². The van der Waals surface area contributed by atoms with Crippen molar-refractivity contribution in [3.63, 3.8) is 0 Å². The van der Waals surface area contributed by atoms with E-state index in [4.69, 9.17) is 76.1 Å². The van der Waals surface area contributed by atoms with Crippen molar-refractivity contribution < 1.29 is 72.2 Å². The normalized spacial score (nSPS) is 13.3.